The van der Waals surface area contributed by atoms with E-state index in [4.69, 9.17) is 15.3 Å². The maximum atomic E-state index is 10.2. The average molecular weight is 160 g/mol. The summed E-state index contributed by atoms with van der Waals surface area (Å²) < 4.78 is 0. The molecule has 0 radical (unpaired) electrons. The molecule has 0 aromatic rings. The maximum Gasteiger partial charge on any atom is 0.340 e. The van der Waals surface area contributed by atoms with Crippen molar-refractivity contribution >= 4 is 11.9 Å². The standard InChI is InChI=1S/C6H8O5/c1-2-6(11,5(9)10)3-4(7)8/h2,11H,1,3H2,(H,7,8)(H,9,10). The van der Waals surface area contributed by atoms with Gasteiger partial charge in [-0.05, 0) is 6.08 Å². The highest BCUT2D eigenvalue weighted by Crippen LogP contribution is 2.11. The Balaban J connectivity index is 4.47. The van der Waals surface area contributed by atoms with Crippen LogP contribution in [0.3, 0.4) is 0 Å². The molecule has 62 valence electrons. The van der Waals surface area contributed by atoms with Crippen molar-refractivity contribution in [2.45, 2.75) is 12.0 Å². The summed E-state index contributed by atoms with van der Waals surface area (Å²) in [5.74, 6) is -3.01. The number of aliphatic carboxylic acids is 2. The van der Waals surface area contributed by atoms with Crippen LogP contribution in [0.2, 0.25) is 0 Å². The van der Waals surface area contributed by atoms with Crippen molar-refractivity contribution in [1.82, 2.24) is 0 Å². The molecule has 0 aromatic carbocycles. The first kappa shape index (κ1) is 9.64. The summed E-state index contributed by atoms with van der Waals surface area (Å²) in [4.78, 5) is 20.2. The Bertz CT molecular complexity index is 197. The second-order valence-electron chi connectivity index (χ2n) is 2.00. The van der Waals surface area contributed by atoms with E-state index in [0.29, 0.717) is 6.08 Å². The van der Waals surface area contributed by atoms with Gasteiger partial charge in [0.15, 0.2) is 5.60 Å². The fourth-order valence-corrected chi connectivity index (χ4v) is 0.466. The third kappa shape index (κ3) is 2.38. The van der Waals surface area contributed by atoms with E-state index >= 15 is 0 Å². The molecular weight excluding hydrogens is 152 g/mol. The van der Waals surface area contributed by atoms with Crippen LogP contribution in [0.5, 0.6) is 0 Å². The summed E-state index contributed by atoms with van der Waals surface area (Å²) in [6, 6.07) is 0. The molecule has 0 amide bonds. The Morgan fingerprint density at radius 3 is 2.00 bits per heavy atom. The van der Waals surface area contributed by atoms with E-state index in [2.05, 4.69) is 6.58 Å². The van der Waals surface area contributed by atoms with Crippen LogP contribution in [0.4, 0.5) is 0 Å². The van der Waals surface area contributed by atoms with Gasteiger partial charge in [0.25, 0.3) is 0 Å². The van der Waals surface area contributed by atoms with Crippen LogP contribution in [0.25, 0.3) is 0 Å². The molecule has 1 unspecified atom stereocenters. The highest BCUT2D eigenvalue weighted by Gasteiger charge is 2.34. The summed E-state index contributed by atoms with van der Waals surface area (Å²) in [7, 11) is 0. The molecule has 0 rings (SSSR count). The van der Waals surface area contributed by atoms with E-state index in [1.54, 1.807) is 0 Å². The highest BCUT2D eigenvalue weighted by atomic mass is 16.4. The Hall–Kier alpha value is -1.36. The molecule has 0 bridgehead atoms. The molecule has 0 heterocycles. The van der Waals surface area contributed by atoms with Gasteiger partial charge in [0.2, 0.25) is 0 Å². The largest absolute Gasteiger partial charge is 0.481 e. The van der Waals surface area contributed by atoms with Crippen molar-refractivity contribution < 1.29 is 24.9 Å². The number of rotatable bonds is 4. The van der Waals surface area contributed by atoms with Crippen LogP contribution >= 0.6 is 0 Å². The first-order chi connectivity index (χ1) is 4.92. The van der Waals surface area contributed by atoms with Crippen molar-refractivity contribution in [2.24, 2.45) is 0 Å². The van der Waals surface area contributed by atoms with Gasteiger partial charge in [-0.2, -0.15) is 0 Å². The van der Waals surface area contributed by atoms with E-state index in [-0.39, 0.29) is 0 Å². The van der Waals surface area contributed by atoms with E-state index in [0.717, 1.165) is 0 Å². The Morgan fingerprint density at radius 2 is 1.91 bits per heavy atom. The number of carboxylic acids is 2. The number of carbonyl (C=O) groups is 2. The van der Waals surface area contributed by atoms with E-state index in [1.807, 2.05) is 0 Å². The SMILES string of the molecule is C=CC(O)(CC(=O)O)C(=O)O. The quantitative estimate of drug-likeness (QED) is 0.480. The molecular formula is C6H8O5. The molecule has 5 heteroatoms. The average Bonchev–Trinajstić information content (AvgIpc) is 1.86. The lowest BCUT2D eigenvalue weighted by atomic mass is 10.0. The van der Waals surface area contributed by atoms with Crippen molar-refractivity contribution in [3.05, 3.63) is 12.7 Å². The number of hydrogen-bond acceptors (Lipinski definition) is 3. The first-order valence-electron chi connectivity index (χ1n) is 2.73. The van der Waals surface area contributed by atoms with E-state index in [1.165, 1.54) is 0 Å². The van der Waals surface area contributed by atoms with E-state index in [9.17, 15) is 9.59 Å². The molecule has 0 fully saturated rings. The molecule has 0 aromatic heterocycles. The molecule has 1 atom stereocenters. The van der Waals surface area contributed by atoms with Gasteiger partial charge in [-0.25, -0.2) is 4.79 Å². The van der Waals surface area contributed by atoms with Crippen LogP contribution in [0.15, 0.2) is 12.7 Å². The lowest BCUT2D eigenvalue weighted by Gasteiger charge is -2.15. The summed E-state index contributed by atoms with van der Waals surface area (Å²) in [5.41, 5.74) is -2.36. The van der Waals surface area contributed by atoms with Crippen LogP contribution in [-0.4, -0.2) is 32.9 Å². The van der Waals surface area contributed by atoms with Gasteiger partial charge in [0.05, 0.1) is 6.42 Å². The van der Waals surface area contributed by atoms with Crippen molar-refractivity contribution in [1.29, 1.82) is 0 Å². The minimum atomic E-state index is -2.36. The highest BCUT2D eigenvalue weighted by molar-refractivity contribution is 5.85. The molecule has 3 N–H and O–H groups in total. The van der Waals surface area contributed by atoms with Crippen LogP contribution in [-0.2, 0) is 9.59 Å². The third-order valence-electron chi connectivity index (χ3n) is 1.13. The van der Waals surface area contributed by atoms with E-state index < -0.39 is 24.0 Å². The van der Waals surface area contributed by atoms with Gasteiger partial charge < -0.3 is 15.3 Å². The van der Waals surface area contributed by atoms with Crippen LogP contribution in [0.1, 0.15) is 6.42 Å². The van der Waals surface area contributed by atoms with Gasteiger partial charge in [0, 0.05) is 0 Å². The molecule has 5 nitrogen and oxygen atoms in total. The number of hydrogen-bond donors (Lipinski definition) is 3. The van der Waals surface area contributed by atoms with Gasteiger partial charge in [-0.3, -0.25) is 4.79 Å². The topological polar surface area (TPSA) is 94.8 Å². The second kappa shape index (κ2) is 3.16. The first-order valence-corrected chi connectivity index (χ1v) is 2.73. The molecule has 0 spiro atoms. The normalized spacial score (nSPS) is 15.0. The molecule has 11 heavy (non-hydrogen) atoms. The van der Waals surface area contributed by atoms with Crippen LogP contribution < -0.4 is 0 Å². The predicted molar refractivity (Wildman–Crippen MR) is 35.0 cm³/mol. The zero-order valence-electron chi connectivity index (χ0n) is 5.65. The lowest BCUT2D eigenvalue weighted by Crippen LogP contribution is -2.38. The molecule has 0 aliphatic heterocycles. The van der Waals surface area contributed by atoms with Gasteiger partial charge in [0.1, 0.15) is 0 Å². The summed E-state index contributed by atoms with van der Waals surface area (Å²) in [5, 5.41) is 25.4. The second-order valence-corrected chi connectivity index (χ2v) is 2.00. The maximum absolute atomic E-state index is 10.2. The molecule has 0 aliphatic rings. The zero-order chi connectivity index (χ0) is 9.07. The van der Waals surface area contributed by atoms with Gasteiger partial charge >= 0.3 is 11.9 Å². The smallest absolute Gasteiger partial charge is 0.340 e. The van der Waals surface area contributed by atoms with Gasteiger partial charge in [-0.1, -0.05) is 6.58 Å². The summed E-state index contributed by atoms with van der Waals surface area (Å²) in [6.45, 7) is 3.01. The van der Waals surface area contributed by atoms with Crippen molar-refractivity contribution in [3.63, 3.8) is 0 Å². The molecule has 0 saturated carbocycles. The Morgan fingerprint density at radius 1 is 1.45 bits per heavy atom. The monoisotopic (exact) mass is 160 g/mol. The number of aliphatic hydroxyl groups is 1. The molecule has 0 aliphatic carbocycles. The number of carboxylic acid groups (broad SMARTS) is 2. The Labute approximate surface area is 62.6 Å². The lowest BCUT2D eigenvalue weighted by molar-refractivity contribution is -0.160. The van der Waals surface area contributed by atoms with Crippen molar-refractivity contribution in [3.8, 4) is 0 Å². The Kier molecular flexibility index (Phi) is 2.77. The van der Waals surface area contributed by atoms with Crippen LogP contribution in [0, 0.1) is 0 Å². The fourth-order valence-electron chi connectivity index (χ4n) is 0.466. The summed E-state index contributed by atoms with van der Waals surface area (Å²) >= 11 is 0. The zero-order valence-corrected chi connectivity index (χ0v) is 5.65. The molecule has 0 saturated heterocycles. The predicted octanol–water partition coefficient (Wildman–Crippen LogP) is -0.537. The minimum absolute atomic E-state index is 0.684. The fraction of sp³-hybridized carbons (Fsp3) is 0.333. The van der Waals surface area contributed by atoms with Gasteiger partial charge in [-0.15, -0.1) is 0 Å². The minimum Gasteiger partial charge on any atom is -0.481 e. The summed E-state index contributed by atoms with van der Waals surface area (Å²) in [6.07, 6.45) is -0.199. The third-order valence-corrected chi connectivity index (χ3v) is 1.13. The van der Waals surface area contributed by atoms with Crippen molar-refractivity contribution in [2.75, 3.05) is 0 Å².